The highest BCUT2D eigenvalue weighted by atomic mass is 32.1. The van der Waals surface area contributed by atoms with Gasteiger partial charge >= 0.3 is 6.18 Å². The maximum atomic E-state index is 16.7. The molecule has 48 heavy (non-hydrogen) atoms. The summed E-state index contributed by atoms with van der Waals surface area (Å²) >= 11 is 1.32. The third kappa shape index (κ3) is 7.29. The molecule has 0 spiro atoms. The van der Waals surface area contributed by atoms with Crippen LogP contribution in [0, 0.1) is 11.6 Å². The standard InChI is InChI=1S/C32H36F5N7O3S/c1-17-12-44(13-18(2)42(17)5)24-10-22(33)27(19-7-6-8-43(14-19)31(47)23-16-48-26(39-23)15-41(3)4)28(34)29(24)40-30(46)20-11-38-25(45)9-21(20)32(35,36)37/h7,9-11,16-18H,6,8,12-15H2,1-5H3,(H,38,45)(H,40,46)/t17-,18+. The van der Waals surface area contributed by atoms with E-state index in [2.05, 4.69) is 20.2 Å². The van der Waals surface area contributed by atoms with Gasteiger partial charge in [-0.05, 0) is 47.0 Å². The molecule has 5 rings (SSSR count). The van der Waals surface area contributed by atoms with Crippen LogP contribution in [0.4, 0.5) is 33.3 Å². The number of hydrogen-bond donors (Lipinski definition) is 2. The number of thiazole rings is 1. The average Bonchev–Trinajstić information content (AvgIpc) is 3.47. The second kappa shape index (κ2) is 13.8. The second-order valence-electron chi connectivity index (χ2n) is 12.4. The number of nitrogens with one attached hydrogen (secondary N) is 2. The van der Waals surface area contributed by atoms with Crippen molar-refractivity contribution in [3.63, 3.8) is 0 Å². The molecule has 2 amide bonds. The Morgan fingerprint density at radius 2 is 1.83 bits per heavy atom. The van der Waals surface area contributed by atoms with Gasteiger partial charge in [-0.15, -0.1) is 11.3 Å². The number of hydrogen-bond acceptors (Lipinski definition) is 8. The molecule has 258 valence electrons. The van der Waals surface area contributed by atoms with Crippen molar-refractivity contribution in [3.05, 3.63) is 79.2 Å². The zero-order chi connectivity index (χ0) is 35.1. The molecule has 0 radical (unpaired) electrons. The van der Waals surface area contributed by atoms with E-state index >= 15 is 8.78 Å². The first-order valence-corrected chi connectivity index (χ1v) is 16.1. The number of aromatic amines is 1. The van der Waals surface area contributed by atoms with Crippen molar-refractivity contribution < 1.29 is 31.5 Å². The van der Waals surface area contributed by atoms with Crippen molar-refractivity contribution in [1.82, 2.24) is 24.7 Å². The van der Waals surface area contributed by atoms with Crippen LogP contribution in [0.15, 0.2) is 34.6 Å². The van der Waals surface area contributed by atoms with E-state index in [-0.39, 0.29) is 54.6 Å². The Labute approximate surface area is 277 Å². The fourth-order valence-corrected chi connectivity index (χ4v) is 6.84. The number of pyridine rings is 1. The van der Waals surface area contributed by atoms with E-state index in [4.69, 9.17) is 0 Å². The summed E-state index contributed by atoms with van der Waals surface area (Å²) in [6.07, 6.45) is -2.58. The molecule has 1 aromatic carbocycles. The highest BCUT2D eigenvalue weighted by Crippen LogP contribution is 2.39. The predicted octanol–water partition coefficient (Wildman–Crippen LogP) is 4.90. The number of H-pyrrole nitrogens is 1. The van der Waals surface area contributed by atoms with Gasteiger partial charge in [-0.1, -0.05) is 6.08 Å². The first-order valence-electron chi connectivity index (χ1n) is 15.2. The van der Waals surface area contributed by atoms with E-state index in [1.165, 1.54) is 16.2 Å². The number of halogens is 5. The van der Waals surface area contributed by atoms with Gasteiger partial charge in [-0.2, -0.15) is 13.2 Å². The number of likely N-dealkylation sites (N-methyl/N-ethyl adjacent to an activating group) is 1. The maximum absolute atomic E-state index is 16.7. The maximum Gasteiger partial charge on any atom is 0.417 e. The lowest BCUT2D eigenvalue weighted by Gasteiger charge is -2.44. The van der Waals surface area contributed by atoms with Crippen LogP contribution in [0.3, 0.4) is 0 Å². The molecule has 1 saturated heterocycles. The Bertz CT molecular complexity index is 1790. The van der Waals surface area contributed by atoms with E-state index < -0.39 is 57.6 Å². The van der Waals surface area contributed by atoms with Gasteiger partial charge in [-0.25, -0.2) is 13.8 Å². The Hall–Kier alpha value is -4.15. The molecule has 3 aromatic rings. The average molecular weight is 694 g/mol. The van der Waals surface area contributed by atoms with Crippen LogP contribution in [0.25, 0.3) is 5.57 Å². The summed E-state index contributed by atoms with van der Waals surface area (Å²) in [7, 11) is 5.65. The molecule has 2 aromatic heterocycles. The zero-order valence-corrected chi connectivity index (χ0v) is 27.9. The van der Waals surface area contributed by atoms with Crippen molar-refractivity contribution in [2.24, 2.45) is 0 Å². The lowest BCUT2D eigenvalue weighted by molar-refractivity contribution is -0.138. The summed E-state index contributed by atoms with van der Waals surface area (Å²) in [6.45, 7) is 5.10. The Kier molecular flexibility index (Phi) is 10.1. The highest BCUT2D eigenvalue weighted by molar-refractivity contribution is 7.09. The van der Waals surface area contributed by atoms with E-state index in [9.17, 15) is 27.6 Å². The normalized spacial score (nSPS) is 19.1. The zero-order valence-electron chi connectivity index (χ0n) is 27.0. The fraction of sp³-hybridized carbons (Fsp3) is 0.438. The van der Waals surface area contributed by atoms with Gasteiger partial charge in [0.1, 0.15) is 22.2 Å². The van der Waals surface area contributed by atoms with Crippen LogP contribution >= 0.6 is 11.3 Å². The van der Waals surface area contributed by atoms with Crippen molar-refractivity contribution in [1.29, 1.82) is 0 Å². The minimum Gasteiger partial charge on any atom is -0.367 e. The molecule has 0 saturated carbocycles. The van der Waals surface area contributed by atoms with Gasteiger partial charge in [0.2, 0.25) is 5.56 Å². The molecule has 2 N–H and O–H groups in total. The summed E-state index contributed by atoms with van der Waals surface area (Å²) in [5, 5.41) is 4.63. The van der Waals surface area contributed by atoms with E-state index in [0.717, 1.165) is 11.1 Å². The summed E-state index contributed by atoms with van der Waals surface area (Å²) in [6, 6.07) is 1.18. The third-order valence-electron chi connectivity index (χ3n) is 8.59. The number of rotatable bonds is 7. The minimum absolute atomic E-state index is 0.0490. The second-order valence-corrected chi connectivity index (χ2v) is 13.3. The number of piperazine rings is 1. The molecule has 2 aliphatic heterocycles. The van der Waals surface area contributed by atoms with Crippen LogP contribution in [0.2, 0.25) is 0 Å². The molecule has 0 unspecified atom stereocenters. The molecular formula is C32H36F5N7O3S. The molecule has 16 heteroatoms. The quantitative estimate of drug-likeness (QED) is 0.340. The van der Waals surface area contributed by atoms with Gasteiger partial charge in [0.05, 0.1) is 22.4 Å². The molecule has 4 heterocycles. The number of carbonyl (C=O) groups is 2. The largest absolute Gasteiger partial charge is 0.417 e. The first-order chi connectivity index (χ1) is 22.5. The molecule has 2 atom stereocenters. The lowest BCUT2D eigenvalue weighted by atomic mass is 9.97. The van der Waals surface area contributed by atoms with Crippen LogP contribution in [-0.4, -0.2) is 95.9 Å². The number of amides is 2. The number of anilines is 2. The fourth-order valence-electron chi connectivity index (χ4n) is 5.96. The van der Waals surface area contributed by atoms with E-state index in [0.29, 0.717) is 25.8 Å². The highest BCUT2D eigenvalue weighted by Gasteiger charge is 2.37. The first kappa shape index (κ1) is 35.2. The molecule has 2 aliphatic rings. The Morgan fingerprint density at radius 1 is 1.15 bits per heavy atom. The van der Waals surface area contributed by atoms with Crippen LogP contribution in [0.5, 0.6) is 0 Å². The van der Waals surface area contributed by atoms with Gasteiger partial charge in [0, 0.05) is 68.5 Å². The van der Waals surface area contributed by atoms with Crippen LogP contribution < -0.4 is 15.8 Å². The molecule has 1 fully saturated rings. The molecule has 0 aliphatic carbocycles. The number of carbonyl (C=O) groups excluding carboxylic acids is 2. The van der Waals surface area contributed by atoms with Gasteiger partial charge < -0.3 is 25.0 Å². The van der Waals surface area contributed by atoms with E-state index in [1.54, 1.807) is 16.4 Å². The van der Waals surface area contributed by atoms with Crippen molar-refractivity contribution >= 4 is 40.1 Å². The number of aromatic nitrogens is 2. The topological polar surface area (TPSA) is 105 Å². The summed E-state index contributed by atoms with van der Waals surface area (Å²) in [5.74, 6) is -3.91. The summed E-state index contributed by atoms with van der Waals surface area (Å²) in [5.41, 5.74) is -4.25. The molecular weight excluding hydrogens is 657 g/mol. The lowest BCUT2D eigenvalue weighted by Crippen LogP contribution is -2.55. The SMILES string of the molecule is C[C@@H]1CN(c2cc(F)c(C3=CCCN(C(=O)c4csc(CN(C)C)n4)C3)c(F)c2NC(=O)c2c[nH]c(=O)cc2C(F)(F)F)C[C@H](C)N1C. The monoisotopic (exact) mass is 693 g/mol. The van der Waals surface area contributed by atoms with Crippen molar-refractivity contribution in [2.75, 3.05) is 57.5 Å². The number of nitrogens with zero attached hydrogens (tertiary/aromatic N) is 5. The Morgan fingerprint density at radius 3 is 2.48 bits per heavy atom. The van der Waals surface area contributed by atoms with E-state index in [1.807, 2.05) is 39.9 Å². The van der Waals surface area contributed by atoms with Crippen LogP contribution in [-0.2, 0) is 12.7 Å². The van der Waals surface area contributed by atoms with Crippen LogP contribution in [0.1, 0.15) is 57.2 Å². The predicted molar refractivity (Wildman–Crippen MR) is 173 cm³/mol. The summed E-state index contributed by atoms with van der Waals surface area (Å²) in [4.78, 5) is 52.0. The van der Waals surface area contributed by atoms with Crippen molar-refractivity contribution in [2.45, 2.75) is 45.1 Å². The summed E-state index contributed by atoms with van der Waals surface area (Å²) < 4.78 is 74.3. The van der Waals surface area contributed by atoms with Gasteiger partial charge in [-0.3, -0.25) is 19.3 Å². The van der Waals surface area contributed by atoms with Gasteiger partial charge in [0.25, 0.3) is 11.8 Å². The smallest absolute Gasteiger partial charge is 0.367 e. The minimum atomic E-state index is -5.06. The Balaban J connectivity index is 1.54. The third-order valence-corrected chi connectivity index (χ3v) is 9.43. The number of alkyl halides is 3. The van der Waals surface area contributed by atoms with Crippen molar-refractivity contribution in [3.8, 4) is 0 Å². The number of benzene rings is 1. The molecule has 0 bridgehead atoms. The van der Waals surface area contributed by atoms with Gasteiger partial charge in [0.15, 0.2) is 5.82 Å². The molecule has 10 nitrogen and oxygen atoms in total.